The Balaban J connectivity index is 1.97. The molecule has 1 aromatic heterocycles. The van der Waals surface area contributed by atoms with Crippen molar-refractivity contribution in [2.24, 2.45) is 0 Å². The summed E-state index contributed by atoms with van der Waals surface area (Å²) in [6.45, 7) is 7.78. The first kappa shape index (κ1) is 14.8. The van der Waals surface area contributed by atoms with Crippen molar-refractivity contribution in [2.75, 3.05) is 6.54 Å². The summed E-state index contributed by atoms with van der Waals surface area (Å²) in [5.74, 6) is 0. The predicted octanol–water partition coefficient (Wildman–Crippen LogP) is 5.14. The third-order valence-electron chi connectivity index (χ3n) is 3.41. The SMILES string of the molecule is CC(NCC(C)(C)c1cccs1)c1ccc(Br)cc1. The topological polar surface area (TPSA) is 12.0 Å². The van der Waals surface area contributed by atoms with E-state index in [0.717, 1.165) is 11.0 Å². The van der Waals surface area contributed by atoms with Crippen LogP contribution in [-0.2, 0) is 5.41 Å². The van der Waals surface area contributed by atoms with Gasteiger partial charge in [-0.25, -0.2) is 0 Å². The molecule has 0 aliphatic rings. The van der Waals surface area contributed by atoms with Crippen molar-refractivity contribution in [2.45, 2.75) is 32.2 Å². The highest BCUT2D eigenvalue weighted by Gasteiger charge is 2.22. The smallest absolute Gasteiger partial charge is 0.0292 e. The van der Waals surface area contributed by atoms with Gasteiger partial charge in [0.2, 0.25) is 0 Å². The highest BCUT2D eigenvalue weighted by molar-refractivity contribution is 9.10. The van der Waals surface area contributed by atoms with Crippen LogP contribution in [0.2, 0.25) is 0 Å². The average Bonchev–Trinajstić information content (AvgIpc) is 2.91. The molecule has 1 N–H and O–H groups in total. The van der Waals surface area contributed by atoms with Gasteiger partial charge in [0.05, 0.1) is 0 Å². The highest BCUT2D eigenvalue weighted by Crippen LogP contribution is 2.27. The van der Waals surface area contributed by atoms with E-state index in [0.29, 0.717) is 6.04 Å². The maximum Gasteiger partial charge on any atom is 0.0292 e. The number of nitrogens with one attached hydrogen (secondary N) is 1. The number of hydrogen-bond acceptors (Lipinski definition) is 2. The van der Waals surface area contributed by atoms with E-state index in [-0.39, 0.29) is 5.41 Å². The standard InChI is InChI=1S/C16H20BrNS/c1-12(13-6-8-14(17)9-7-13)18-11-16(2,3)15-5-4-10-19-15/h4-10,12,18H,11H2,1-3H3. The molecular weight excluding hydrogens is 318 g/mol. The van der Waals surface area contributed by atoms with Crippen LogP contribution in [0.5, 0.6) is 0 Å². The zero-order valence-electron chi connectivity index (χ0n) is 11.6. The van der Waals surface area contributed by atoms with Crippen LogP contribution in [0, 0.1) is 0 Å². The van der Waals surface area contributed by atoms with E-state index in [1.807, 2.05) is 11.3 Å². The molecule has 19 heavy (non-hydrogen) atoms. The predicted molar refractivity (Wildman–Crippen MR) is 87.9 cm³/mol. The Kier molecular flexibility index (Phi) is 4.82. The van der Waals surface area contributed by atoms with Crippen LogP contribution in [0.1, 0.15) is 37.3 Å². The lowest BCUT2D eigenvalue weighted by Gasteiger charge is -2.26. The maximum atomic E-state index is 3.64. The molecule has 2 aromatic rings. The van der Waals surface area contributed by atoms with Crippen LogP contribution < -0.4 is 5.32 Å². The molecule has 1 atom stereocenters. The normalized spacial score (nSPS) is 13.5. The van der Waals surface area contributed by atoms with E-state index in [9.17, 15) is 0 Å². The fourth-order valence-electron chi connectivity index (χ4n) is 2.03. The molecule has 1 aromatic carbocycles. The van der Waals surface area contributed by atoms with Gasteiger partial charge in [-0.1, -0.05) is 48.0 Å². The van der Waals surface area contributed by atoms with Crippen molar-refractivity contribution in [1.82, 2.24) is 5.32 Å². The van der Waals surface area contributed by atoms with Crippen LogP contribution in [0.4, 0.5) is 0 Å². The van der Waals surface area contributed by atoms with E-state index in [4.69, 9.17) is 0 Å². The third kappa shape index (κ3) is 3.91. The van der Waals surface area contributed by atoms with Crippen LogP contribution in [0.15, 0.2) is 46.3 Å². The molecule has 0 aliphatic carbocycles. The lowest BCUT2D eigenvalue weighted by Crippen LogP contribution is -2.33. The van der Waals surface area contributed by atoms with Gasteiger partial charge in [-0.3, -0.25) is 0 Å². The van der Waals surface area contributed by atoms with E-state index < -0.39 is 0 Å². The van der Waals surface area contributed by atoms with Crippen LogP contribution >= 0.6 is 27.3 Å². The molecule has 0 fully saturated rings. The molecule has 0 bridgehead atoms. The van der Waals surface area contributed by atoms with Crippen molar-refractivity contribution in [3.63, 3.8) is 0 Å². The molecule has 0 radical (unpaired) electrons. The van der Waals surface area contributed by atoms with Crippen molar-refractivity contribution in [1.29, 1.82) is 0 Å². The van der Waals surface area contributed by atoms with E-state index in [2.05, 4.69) is 83.8 Å². The number of halogens is 1. The van der Waals surface area contributed by atoms with Crippen molar-refractivity contribution >= 4 is 27.3 Å². The molecule has 1 nitrogen and oxygen atoms in total. The fourth-order valence-corrected chi connectivity index (χ4v) is 3.14. The summed E-state index contributed by atoms with van der Waals surface area (Å²) in [6.07, 6.45) is 0. The number of thiophene rings is 1. The molecule has 0 saturated carbocycles. The molecule has 0 amide bonds. The lowest BCUT2D eigenvalue weighted by atomic mass is 9.91. The summed E-state index contributed by atoms with van der Waals surface area (Å²) in [5.41, 5.74) is 1.50. The van der Waals surface area contributed by atoms with E-state index in [1.165, 1.54) is 10.4 Å². The summed E-state index contributed by atoms with van der Waals surface area (Å²) >= 11 is 5.31. The first-order valence-electron chi connectivity index (χ1n) is 6.52. The molecular formula is C16H20BrNS. The van der Waals surface area contributed by atoms with Gasteiger partial charge >= 0.3 is 0 Å². The number of benzene rings is 1. The minimum absolute atomic E-state index is 0.178. The Morgan fingerprint density at radius 2 is 1.89 bits per heavy atom. The van der Waals surface area contributed by atoms with E-state index >= 15 is 0 Å². The van der Waals surface area contributed by atoms with Gasteiger partial charge in [-0.05, 0) is 36.1 Å². The first-order valence-corrected chi connectivity index (χ1v) is 8.19. The minimum Gasteiger partial charge on any atom is -0.309 e. The van der Waals surface area contributed by atoms with Crippen molar-refractivity contribution in [3.8, 4) is 0 Å². The third-order valence-corrected chi connectivity index (χ3v) is 5.17. The largest absolute Gasteiger partial charge is 0.309 e. The summed E-state index contributed by atoms with van der Waals surface area (Å²) in [5, 5.41) is 5.79. The Bertz CT molecular complexity index is 502. The highest BCUT2D eigenvalue weighted by atomic mass is 79.9. The van der Waals surface area contributed by atoms with E-state index in [1.54, 1.807) is 0 Å². The zero-order chi connectivity index (χ0) is 13.9. The quantitative estimate of drug-likeness (QED) is 0.796. The average molecular weight is 338 g/mol. The van der Waals surface area contributed by atoms with Gasteiger partial charge in [-0.15, -0.1) is 11.3 Å². The Hall–Kier alpha value is -0.640. The molecule has 0 aliphatic heterocycles. The Morgan fingerprint density at radius 3 is 2.47 bits per heavy atom. The second-order valence-corrected chi connectivity index (χ2v) is 7.38. The number of hydrogen-bond donors (Lipinski definition) is 1. The van der Waals surface area contributed by atoms with Gasteiger partial charge in [0.15, 0.2) is 0 Å². The lowest BCUT2D eigenvalue weighted by molar-refractivity contribution is 0.441. The molecule has 3 heteroatoms. The number of rotatable bonds is 5. The second kappa shape index (κ2) is 6.21. The van der Waals surface area contributed by atoms with Gasteiger partial charge < -0.3 is 5.32 Å². The fraction of sp³-hybridized carbons (Fsp3) is 0.375. The molecule has 0 saturated heterocycles. The molecule has 2 rings (SSSR count). The monoisotopic (exact) mass is 337 g/mol. The molecule has 102 valence electrons. The molecule has 1 heterocycles. The molecule has 1 unspecified atom stereocenters. The van der Waals surface area contributed by atoms with Crippen molar-refractivity contribution < 1.29 is 0 Å². The van der Waals surface area contributed by atoms with Gasteiger partial charge in [0.25, 0.3) is 0 Å². The maximum absolute atomic E-state index is 3.64. The Morgan fingerprint density at radius 1 is 1.21 bits per heavy atom. The summed E-state index contributed by atoms with van der Waals surface area (Å²) in [4.78, 5) is 1.43. The minimum atomic E-state index is 0.178. The van der Waals surface area contributed by atoms with Crippen LogP contribution in [0.3, 0.4) is 0 Å². The van der Waals surface area contributed by atoms with Gasteiger partial charge in [0.1, 0.15) is 0 Å². The summed E-state index contributed by atoms with van der Waals surface area (Å²) < 4.78 is 1.13. The van der Waals surface area contributed by atoms with Crippen LogP contribution in [0.25, 0.3) is 0 Å². The Labute approximate surface area is 128 Å². The van der Waals surface area contributed by atoms with Gasteiger partial charge in [-0.2, -0.15) is 0 Å². The summed E-state index contributed by atoms with van der Waals surface area (Å²) in [6, 6.07) is 13.2. The second-order valence-electron chi connectivity index (χ2n) is 5.52. The first-order chi connectivity index (χ1) is 8.99. The van der Waals surface area contributed by atoms with Crippen LogP contribution in [-0.4, -0.2) is 6.54 Å². The summed E-state index contributed by atoms with van der Waals surface area (Å²) in [7, 11) is 0. The van der Waals surface area contributed by atoms with Gasteiger partial charge in [0, 0.05) is 27.4 Å². The van der Waals surface area contributed by atoms with Crippen molar-refractivity contribution in [3.05, 3.63) is 56.7 Å². The zero-order valence-corrected chi connectivity index (χ0v) is 14.0. The molecule has 0 spiro atoms.